The second-order valence-corrected chi connectivity index (χ2v) is 8.55. The van der Waals surface area contributed by atoms with Crippen molar-refractivity contribution in [1.82, 2.24) is 4.41 Å². The lowest BCUT2D eigenvalue weighted by molar-refractivity contribution is 0.307. The van der Waals surface area contributed by atoms with E-state index in [-0.39, 0.29) is 16.9 Å². The summed E-state index contributed by atoms with van der Waals surface area (Å²) in [5, 5.41) is 4.59. The van der Waals surface area contributed by atoms with Crippen LogP contribution in [0.15, 0.2) is 64.6 Å². The number of methoxy groups -OCH3 is 1. The van der Waals surface area contributed by atoms with Crippen LogP contribution in [0, 0.1) is 5.92 Å². The zero-order valence-corrected chi connectivity index (χ0v) is 15.5. The summed E-state index contributed by atoms with van der Waals surface area (Å²) in [6.07, 6.45) is 4.02. The molecule has 136 valence electrons. The summed E-state index contributed by atoms with van der Waals surface area (Å²) in [5.74, 6) is 0.907. The van der Waals surface area contributed by atoms with Crippen molar-refractivity contribution < 1.29 is 13.2 Å². The van der Waals surface area contributed by atoms with Gasteiger partial charge in [0.25, 0.3) is 10.0 Å². The van der Waals surface area contributed by atoms with Gasteiger partial charge in [-0.05, 0) is 49.1 Å². The fourth-order valence-electron chi connectivity index (χ4n) is 3.89. The average Bonchev–Trinajstić information content (AvgIpc) is 3.09. The first-order valence-electron chi connectivity index (χ1n) is 8.92. The molecule has 0 spiro atoms. The van der Waals surface area contributed by atoms with Gasteiger partial charge in [-0.3, -0.25) is 0 Å². The van der Waals surface area contributed by atoms with E-state index in [0.29, 0.717) is 0 Å². The van der Waals surface area contributed by atoms with Crippen LogP contribution in [0.4, 0.5) is 0 Å². The van der Waals surface area contributed by atoms with Gasteiger partial charge in [0, 0.05) is 11.6 Å². The fraction of sp³-hybridized carbons (Fsp3) is 0.350. The number of sulfonamides is 1. The van der Waals surface area contributed by atoms with Crippen molar-refractivity contribution in [3.63, 3.8) is 0 Å². The smallest absolute Gasteiger partial charge is 0.279 e. The van der Waals surface area contributed by atoms with Crippen molar-refractivity contribution in [3.8, 4) is 5.75 Å². The van der Waals surface area contributed by atoms with E-state index in [1.165, 1.54) is 4.41 Å². The Labute approximate surface area is 154 Å². The molecule has 1 heterocycles. The predicted octanol–water partition coefficient (Wildman–Crippen LogP) is 3.99. The van der Waals surface area contributed by atoms with Gasteiger partial charge >= 0.3 is 0 Å². The van der Waals surface area contributed by atoms with Crippen LogP contribution >= 0.6 is 0 Å². The Kier molecular flexibility index (Phi) is 4.44. The number of benzene rings is 2. The standard InChI is InChI=1S/C20H22N2O3S/c1-25-16-13-11-15(12-14-16)20-18-9-5-6-10-19(18)21-22(20)26(23,24)17-7-3-2-4-8-17/h2-4,7-8,11-14,18,20H,5-6,9-10H2,1H3. The van der Waals surface area contributed by atoms with Gasteiger partial charge in [-0.2, -0.15) is 17.9 Å². The minimum Gasteiger partial charge on any atom is -0.497 e. The van der Waals surface area contributed by atoms with Crippen molar-refractivity contribution in [1.29, 1.82) is 0 Å². The van der Waals surface area contributed by atoms with E-state index in [1.54, 1.807) is 31.4 Å². The molecule has 5 nitrogen and oxygen atoms in total. The van der Waals surface area contributed by atoms with Gasteiger partial charge in [-0.15, -0.1) is 0 Å². The normalized spacial score (nSPS) is 22.7. The van der Waals surface area contributed by atoms with Crippen molar-refractivity contribution in [2.45, 2.75) is 36.6 Å². The lowest BCUT2D eigenvalue weighted by atomic mass is 9.81. The molecule has 2 aromatic rings. The Bertz CT molecular complexity index is 908. The van der Waals surface area contributed by atoms with Crippen LogP contribution in [0.2, 0.25) is 0 Å². The number of nitrogens with zero attached hydrogens (tertiary/aromatic N) is 2. The topological polar surface area (TPSA) is 59.0 Å². The number of hydrazone groups is 1. The van der Waals surface area contributed by atoms with Gasteiger partial charge < -0.3 is 4.74 Å². The molecular weight excluding hydrogens is 348 g/mol. The molecular formula is C20H22N2O3S. The van der Waals surface area contributed by atoms with Crippen molar-refractivity contribution in [2.24, 2.45) is 11.0 Å². The van der Waals surface area contributed by atoms with Crippen molar-refractivity contribution >= 4 is 15.7 Å². The van der Waals surface area contributed by atoms with Crippen LogP contribution in [0.5, 0.6) is 5.75 Å². The summed E-state index contributed by atoms with van der Waals surface area (Å²) < 4.78 is 33.1. The number of hydrogen-bond acceptors (Lipinski definition) is 4. The Morgan fingerprint density at radius 1 is 1.04 bits per heavy atom. The zero-order chi connectivity index (χ0) is 18.1. The van der Waals surface area contributed by atoms with E-state index < -0.39 is 10.0 Å². The number of fused-ring (bicyclic) bond motifs is 1. The van der Waals surface area contributed by atoms with E-state index in [2.05, 4.69) is 5.10 Å². The summed E-state index contributed by atoms with van der Waals surface area (Å²) in [4.78, 5) is 0.279. The molecule has 26 heavy (non-hydrogen) atoms. The van der Waals surface area contributed by atoms with E-state index in [1.807, 2.05) is 30.3 Å². The molecule has 0 aromatic heterocycles. The minimum absolute atomic E-state index is 0.149. The lowest BCUT2D eigenvalue weighted by Gasteiger charge is -2.29. The molecule has 0 radical (unpaired) electrons. The fourth-order valence-corrected chi connectivity index (χ4v) is 5.39. The maximum absolute atomic E-state index is 13.3. The van der Waals surface area contributed by atoms with Crippen molar-refractivity contribution in [2.75, 3.05) is 7.11 Å². The highest BCUT2D eigenvalue weighted by molar-refractivity contribution is 7.89. The summed E-state index contributed by atoms with van der Waals surface area (Å²) in [6, 6.07) is 15.9. The maximum atomic E-state index is 13.3. The molecule has 2 aromatic carbocycles. The van der Waals surface area contributed by atoms with E-state index in [9.17, 15) is 8.42 Å². The first kappa shape index (κ1) is 17.1. The molecule has 0 amide bonds. The third-order valence-electron chi connectivity index (χ3n) is 5.22. The predicted molar refractivity (Wildman–Crippen MR) is 101 cm³/mol. The Morgan fingerprint density at radius 3 is 2.46 bits per heavy atom. The number of ether oxygens (including phenoxy) is 1. The molecule has 2 atom stereocenters. The Morgan fingerprint density at radius 2 is 1.77 bits per heavy atom. The van der Waals surface area contributed by atoms with Gasteiger partial charge in [0.1, 0.15) is 5.75 Å². The van der Waals surface area contributed by atoms with Gasteiger partial charge in [-0.25, -0.2) is 0 Å². The molecule has 2 unspecified atom stereocenters. The highest BCUT2D eigenvalue weighted by atomic mass is 32.2. The quantitative estimate of drug-likeness (QED) is 0.818. The summed E-state index contributed by atoms with van der Waals surface area (Å²) in [7, 11) is -2.07. The summed E-state index contributed by atoms with van der Waals surface area (Å²) in [5.41, 5.74) is 1.97. The zero-order valence-electron chi connectivity index (χ0n) is 14.7. The summed E-state index contributed by atoms with van der Waals surface area (Å²) in [6.45, 7) is 0. The lowest BCUT2D eigenvalue weighted by Crippen LogP contribution is -2.31. The minimum atomic E-state index is -3.70. The molecule has 1 aliphatic heterocycles. The second-order valence-electron chi connectivity index (χ2n) is 6.75. The molecule has 6 heteroatoms. The molecule has 2 aliphatic rings. The van der Waals surface area contributed by atoms with Gasteiger partial charge in [0.05, 0.1) is 18.0 Å². The second kappa shape index (κ2) is 6.76. The van der Waals surface area contributed by atoms with Gasteiger partial charge in [0.15, 0.2) is 0 Å². The van der Waals surface area contributed by atoms with Crippen LogP contribution in [-0.4, -0.2) is 25.7 Å². The molecule has 0 bridgehead atoms. The average molecular weight is 370 g/mol. The number of rotatable bonds is 4. The van der Waals surface area contributed by atoms with Crippen LogP contribution in [0.1, 0.15) is 37.3 Å². The monoisotopic (exact) mass is 370 g/mol. The van der Waals surface area contributed by atoms with Crippen LogP contribution in [-0.2, 0) is 10.0 Å². The molecule has 0 saturated heterocycles. The van der Waals surface area contributed by atoms with E-state index in [4.69, 9.17) is 4.74 Å². The molecule has 1 aliphatic carbocycles. The van der Waals surface area contributed by atoms with Gasteiger partial charge in [-0.1, -0.05) is 36.8 Å². The SMILES string of the molecule is COc1ccc(C2C3CCCCC3=NN2S(=O)(=O)c2ccccc2)cc1. The van der Waals surface area contributed by atoms with E-state index >= 15 is 0 Å². The highest BCUT2D eigenvalue weighted by Crippen LogP contribution is 2.44. The first-order valence-corrected chi connectivity index (χ1v) is 10.4. The van der Waals surface area contributed by atoms with Crippen LogP contribution < -0.4 is 4.74 Å². The van der Waals surface area contributed by atoms with E-state index in [0.717, 1.165) is 42.7 Å². The third kappa shape index (κ3) is 2.88. The van der Waals surface area contributed by atoms with Crippen molar-refractivity contribution in [3.05, 3.63) is 60.2 Å². The third-order valence-corrected chi connectivity index (χ3v) is 6.89. The molecule has 0 N–H and O–H groups in total. The number of hydrogen-bond donors (Lipinski definition) is 0. The Hall–Kier alpha value is -2.34. The molecule has 1 saturated carbocycles. The first-order chi connectivity index (χ1) is 12.6. The Balaban J connectivity index is 1.78. The molecule has 4 rings (SSSR count). The van der Waals surface area contributed by atoms with Gasteiger partial charge in [0.2, 0.25) is 0 Å². The van der Waals surface area contributed by atoms with Crippen LogP contribution in [0.3, 0.4) is 0 Å². The van der Waals surface area contributed by atoms with Crippen LogP contribution in [0.25, 0.3) is 0 Å². The summed E-state index contributed by atoms with van der Waals surface area (Å²) >= 11 is 0. The molecule has 1 fully saturated rings. The maximum Gasteiger partial charge on any atom is 0.279 e. The largest absolute Gasteiger partial charge is 0.497 e. The highest BCUT2D eigenvalue weighted by Gasteiger charge is 2.44.